The molecule has 1 aromatic heterocycles. The molecule has 2 saturated heterocycles. The fraction of sp³-hybridized carbons (Fsp3) is 0.516. The number of nitriles is 1. The lowest BCUT2D eigenvalue weighted by atomic mass is 9.98. The van der Waals surface area contributed by atoms with Crippen molar-refractivity contribution < 1.29 is 33.4 Å². The molecular weight excluding hydrogens is 557 g/mol. The highest BCUT2D eigenvalue weighted by atomic mass is 19.1. The van der Waals surface area contributed by atoms with Crippen molar-refractivity contribution in [1.82, 2.24) is 20.1 Å². The van der Waals surface area contributed by atoms with Crippen molar-refractivity contribution in [2.45, 2.75) is 70.6 Å². The number of hydrogen-bond donors (Lipinski definition) is 2. The van der Waals surface area contributed by atoms with Crippen LogP contribution in [0.3, 0.4) is 0 Å². The van der Waals surface area contributed by atoms with Crippen LogP contribution in [0.5, 0.6) is 5.75 Å². The van der Waals surface area contributed by atoms with Gasteiger partial charge in [-0.15, -0.1) is 0 Å². The molecule has 11 nitrogen and oxygen atoms in total. The number of piperidine rings is 1. The zero-order chi connectivity index (χ0) is 31.1. The second-order valence-corrected chi connectivity index (χ2v) is 11.9. The van der Waals surface area contributed by atoms with Crippen LogP contribution < -0.4 is 10.1 Å². The first kappa shape index (κ1) is 31.5. The number of ether oxygens (including phenoxy) is 2. The molecule has 230 valence electrons. The quantitative estimate of drug-likeness (QED) is 0.450. The summed E-state index contributed by atoms with van der Waals surface area (Å²) in [4.78, 5) is 44.3. The molecular formula is C31H38FN5O6. The van der Waals surface area contributed by atoms with E-state index in [9.17, 15) is 19.6 Å². The van der Waals surface area contributed by atoms with Crippen LogP contribution in [0, 0.1) is 23.1 Å². The van der Waals surface area contributed by atoms with Crippen molar-refractivity contribution in [2.75, 3.05) is 26.2 Å². The summed E-state index contributed by atoms with van der Waals surface area (Å²) in [6.45, 7) is 6.94. The maximum Gasteiger partial charge on any atom is 0.408 e. The van der Waals surface area contributed by atoms with Crippen LogP contribution >= 0.6 is 0 Å². The van der Waals surface area contributed by atoms with Gasteiger partial charge in [-0.05, 0) is 76.1 Å². The fourth-order valence-corrected chi connectivity index (χ4v) is 5.25. The maximum absolute atomic E-state index is 15.4. The van der Waals surface area contributed by atoms with Crippen LogP contribution in [0.25, 0.3) is 11.3 Å². The largest absolute Gasteiger partial charge is 0.492 e. The number of carbonyl (C=O) groups is 3. The topological polar surface area (TPSA) is 145 Å². The average Bonchev–Trinajstić information content (AvgIpc) is 3.45. The lowest BCUT2D eigenvalue weighted by Crippen LogP contribution is -2.51. The third-order valence-corrected chi connectivity index (χ3v) is 7.55. The number of nitrogens with zero attached hydrogens (tertiary/aromatic N) is 4. The molecule has 0 aliphatic carbocycles. The summed E-state index contributed by atoms with van der Waals surface area (Å²) < 4.78 is 26.5. The summed E-state index contributed by atoms with van der Waals surface area (Å²) >= 11 is 0. The Balaban J connectivity index is 1.41. The molecule has 2 aliphatic heterocycles. The second kappa shape index (κ2) is 13.7. The number of likely N-dealkylation sites (tertiary alicyclic amines) is 2. The molecule has 0 saturated carbocycles. The second-order valence-electron chi connectivity index (χ2n) is 11.9. The molecule has 3 heterocycles. The fourth-order valence-electron chi connectivity index (χ4n) is 5.25. The van der Waals surface area contributed by atoms with Crippen LogP contribution in [0.2, 0.25) is 0 Å². The van der Waals surface area contributed by atoms with Gasteiger partial charge in [0, 0.05) is 31.6 Å². The highest BCUT2D eigenvalue weighted by Crippen LogP contribution is 2.25. The Hall–Kier alpha value is -4.40. The van der Waals surface area contributed by atoms with Gasteiger partial charge in [-0.3, -0.25) is 9.78 Å². The van der Waals surface area contributed by atoms with Crippen LogP contribution in [0.4, 0.5) is 14.0 Å². The highest BCUT2D eigenvalue weighted by molar-refractivity contribution is 5.86. The normalized spacial score (nSPS) is 18.1. The molecule has 3 amide bonds. The van der Waals surface area contributed by atoms with Gasteiger partial charge in [0.25, 0.3) is 0 Å². The summed E-state index contributed by atoms with van der Waals surface area (Å²) in [5, 5.41) is 21.1. The summed E-state index contributed by atoms with van der Waals surface area (Å²) in [6, 6.07) is 8.48. The molecule has 2 atom stereocenters. The van der Waals surface area contributed by atoms with Gasteiger partial charge in [0.2, 0.25) is 5.91 Å². The number of hydrogen-bond acceptors (Lipinski definition) is 7. The molecule has 2 N–H and O–H groups in total. The Bertz CT molecular complexity index is 1350. The van der Waals surface area contributed by atoms with E-state index in [0.717, 1.165) is 12.8 Å². The number of alkyl carbamates (subject to hydrolysis) is 1. The van der Waals surface area contributed by atoms with E-state index in [1.807, 2.05) is 0 Å². The number of carbonyl (C=O) groups excluding carboxylic acids is 2. The Kier molecular flexibility index (Phi) is 10.1. The standard InChI is InChI=1S/C31H38FN5O6/c1-31(2,3)43-29(39)35-27(28(38)37-12-4-5-23(37)17-33)16-21-6-7-22(15-25(21)32)26-9-8-24(18-34-26)42-19-20-10-13-36(14-11-20)30(40)41/h6-9,15,18,20,23,27H,4-5,10-14,16,19H2,1-3H3,(H,35,39)(H,40,41)/t23-,27-/m0/s1. The lowest BCUT2D eigenvalue weighted by Gasteiger charge is -2.29. The van der Waals surface area contributed by atoms with Crippen LogP contribution in [0.15, 0.2) is 36.5 Å². The summed E-state index contributed by atoms with van der Waals surface area (Å²) in [6.07, 6.45) is 2.44. The van der Waals surface area contributed by atoms with Gasteiger partial charge in [-0.2, -0.15) is 5.26 Å². The van der Waals surface area contributed by atoms with Crippen molar-refractivity contribution in [3.63, 3.8) is 0 Å². The van der Waals surface area contributed by atoms with E-state index in [-0.39, 0.29) is 17.9 Å². The smallest absolute Gasteiger partial charge is 0.408 e. The predicted molar refractivity (Wildman–Crippen MR) is 155 cm³/mol. The van der Waals surface area contributed by atoms with Crippen LogP contribution in [-0.4, -0.2) is 81.9 Å². The third-order valence-electron chi connectivity index (χ3n) is 7.55. The Labute approximate surface area is 250 Å². The molecule has 0 spiro atoms. The molecule has 2 fully saturated rings. The van der Waals surface area contributed by atoms with Gasteiger partial charge < -0.3 is 29.7 Å². The average molecular weight is 596 g/mol. The first-order valence-corrected chi connectivity index (χ1v) is 14.5. The maximum atomic E-state index is 15.4. The summed E-state index contributed by atoms with van der Waals surface area (Å²) in [5.41, 5.74) is 0.488. The van der Waals surface area contributed by atoms with Crippen molar-refractivity contribution >= 4 is 18.1 Å². The molecule has 0 radical (unpaired) electrons. The number of nitrogens with one attached hydrogen (secondary N) is 1. The molecule has 0 unspecified atom stereocenters. The van der Waals surface area contributed by atoms with Gasteiger partial charge in [0.05, 0.1) is 24.6 Å². The lowest BCUT2D eigenvalue weighted by molar-refractivity contribution is -0.133. The van der Waals surface area contributed by atoms with E-state index in [4.69, 9.17) is 14.6 Å². The number of aromatic nitrogens is 1. The molecule has 2 aromatic rings. The number of halogens is 1. The van der Waals surface area contributed by atoms with E-state index < -0.39 is 41.6 Å². The summed E-state index contributed by atoms with van der Waals surface area (Å²) in [7, 11) is 0. The zero-order valence-electron chi connectivity index (χ0n) is 24.7. The molecule has 4 rings (SSSR count). The van der Waals surface area contributed by atoms with Crippen LogP contribution in [-0.2, 0) is 16.0 Å². The third kappa shape index (κ3) is 8.56. The number of amides is 3. The van der Waals surface area contributed by atoms with Gasteiger partial charge in [0.15, 0.2) is 0 Å². The van der Waals surface area contributed by atoms with Crippen molar-refractivity contribution in [3.05, 3.63) is 47.9 Å². The first-order valence-electron chi connectivity index (χ1n) is 14.5. The van der Waals surface area contributed by atoms with Crippen LogP contribution in [0.1, 0.15) is 52.0 Å². The van der Waals surface area contributed by atoms with E-state index >= 15 is 4.39 Å². The van der Waals surface area contributed by atoms with Crippen molar-refractivity contribution in [1.29, 1.82) is 5.26 Å². The minimum Gasteiger partial charge on any atom is -0.492 e. The van der Waals surface area contributed by atoms with E-state index in [1.54, 1.807) is 51.2 Å². The molecule has 1 aromatic carbocycles. The number of carboxylic acid groups (broad SMARTS) is 1. The SMILES string of the molecule is CC(C)(C)OC(=O)N[C@@H](Cc1ccc(-c2ccc(OCC3CCN(C(=O)O)CC3)cn2)cc1F)C(=O)N1CCC[C@H]1C#N. The van der Waals surface area contributed by atoms with Gasteiger partial charge in [-0.1, -0.05) is 12.1 Å². The highest BCUT2D eigenvalue weighted by Gasteiger charge is 2.35. The van der Waals surface area contributed by atoms with Crippen molar-refractivity contribution in [2.24, 2.45) is 5.92 Å². The van der Waals surface area contributed by atoms with Gasteiger partial charge in [-0.25, -0.2) is 14.0 Å². The summed E-state index contributed by atoms with van der Waals surface area (Å²) in [5.74, 6) is -0.195. The predicted octanol–water partition coefficient (Wildman–Crippen LogP) is 4.61. The number of benzene rings is 1. The first-order chi connectivity index (χ1) is 20.4. The van der Waals surface area contributed by atoms with Gasteiger partial charge in [0.1, 0.15) is 29.3 Å². The molecule has 0 bridgehead atoms. The minimum absolute atomic E-state index is 0.121. The van der Waals surface area contributed by atoms with E-state index in [2.05, 4.69) is 16.4 Å². The molecule has 12 heteroatoms. The van der Waals surface area contributed by atoms with Crippen molar-refractivity contribution in [3.8, 4) is 23.1 Å². The zero-order valence-corrected chi connectivity index (χ0v) is 24.7. The Morgan fingerprint density at radius 3 is 2.51 bits per heavy atom. The number of rotatable bonds is 8. The minimum atomic E-state index is -1.12. The Morgan fingerprint density at radius 2 is 1.91 bits per heavy atom. The number of pyridine rings is 1. The Morgan fingerprint density at radius 1 is 1.16 bits per heavy atom. The van der Waals surface area contributed by atoms with E-state index in [0.29, 0.717) is 56.1 Å². The molecule has 2 aliphatic rings. The molecule has 43 heavy (non-hydrogen) atoms. The monoisotopic (exact) mass is 595 g/mol. The van der Waals surface area contributed by atoms with Gasteiger partial charge >= 0.3 is 12.2 Å². The van der Waals surface area contributed by atoms with E-state index in [1.165, 1.54) is 15.9 Å².